The summed E-state index contributed by atoms with van der Waals surface area (Å²) in [5.41, 5.74) is 6.09. The number of rotatable bonds is 5. The molecule has 7 heteroatoms. The van der Waals surface area contributed by atoms with Gasteiger partial charge in [-0.05, 0) is 43.9 Å². The average molecular weight is 375 g/mol. The van der Waals surface area contributed by atoms with Crippen LogP contribution in [0.15, 0.2) is 18.2 Å². The van der Waals surface area contributed by atoms with Crippen molar-refractivity contribution in [1.29, 1.82) is 0 Å². The minimum Gasteiger partial charge on any atom is -0.493 e. The van der Waals surface area contributed by atoms with Gasteiger partial charge in [0.15, 0.2) is 11.5 Å². The van der Waals surface area contributed by atoms with Crippen LogP contribution >= 0.6 is 0 Å². The average Bonchev–Trinajstić information content (AvgIpc) is 3.15. The molecule has 3 rings (SSSR count). The number of methoxy groups -OCH3 is 2. The van der Waals surface area contributed by atoms with Crippen LogP contribution in [0.5, 0.6) is 11.5 Å². The maximum absolute atomic E-state index is 12.8. The largest absolute Gasteiger partial charge is 0.493 e. The maximum Gasteiger partial charge on any atom is 0.253 e. The number of likely N-dealkylation sites (tertiary alicyclic amines) is 1. The highest BCUT2D eigenvalue weighted by atomic mass is 16.5. The molecule has 2 aliphatic rings. The Bertz CT molecular complexity index is 692. The molecule has 1 aromatic carbocycles. The third kappa shape index (κ3) is 4.18. The topological polar surface area (TPSA) is 93.9 Å². The van der Waals surface area contributed by atoms with Crippen molar-refractivity contribution in [3.05, 3.63) is 23.8 Å². The Hall–Kier alpha value is -2.28. The van der Waals surface area contributed by atoms with E-state index >= 15 is 0 Å². The second kappa shape index (κ2) is 8.17. The van der Waals surface area contributed by atoms with Crippen molar-refractivity contribution >= 4 is 11.8 Å². The highest BCUT2D eigenvalue weighted by molar-refractivity contribution is 5.95. The number of nitrogens with two attached hydrogens (primary N) is 1. The van der Waals surface area contributed by atoms with Gasteiger partial charge in [0.2, 0.25) is 5.91 Å². The third-order valence-corrected chi connectivity index (χ3v) is 5.70. The van der Waals surface area contributed by atoms with Crippen molar-refractivity contribution in [2.24, 2.45) is 5.73 Å². The fourth-order valence-corrected chi connectivity index (χ4v) is 3.94. The molecular formula is C20H29N3O4. The first kappa shape index (κ1) is 19.5. The first-order valence-electron chi connectivity index (χ1n) is 9.58. The van der Waals surface area contributed by atoms with Gasteiger partial charge >= 0.3 is 0 Å². The van der Waals surface area contributed by atoms with Crippen molar-refractivity contribution < 1.29 is 19.1 Å². The number of ether oxygens (including phenoxy) is 2. The summed E-state index contributed by atoms with van der Waals surface area (Å²) >= 11 is 0. The van der Waals surface area contributed by atoms with E-state index in [1.54, 1.807) is 32.4 Å². The van der Waals surface area contributed by atoms with E-state index < -0.39 is 5.54 Å². The van der Waals surface area contributed by atoms with Crippen LogP contribution in [-0.2, 0) is 4.79 Å². The molecule has 148 valence electrons. The lowest BCUT2D eigenvalue weighted by atomic mass is 9.96. The summed E-state index contributed by atoms with van der Waals surface area (Å²) in [5.74, 6) is 1.06. The van der Waals surface area contributed by atoms with Crippen molar-refractivity contribution in [2.75, 3.05) is 27.3 Å². The fourth-order valence-electron chi connectivity index (χ4n) is 3.94. The molecule has 3 N–H and O–H groups in total. The van der Waals surface area contributed by atoms with Crippen molar-refractivity contribution in [3.63, 3.8) is 0 Å². The molecule has 2 fully saturated rings. The molecule has 1 aromatic rings. The molecule has 1 aliphatic carbocycles. The molecule has 1 aliphatic heterocycles. The molecule has 1 heterocycles. The predicted octanol–water partition coefficient (Wildman–Crippen LogP) is 1.70. The van der Waals surface area contributed by atoms with Gasteiger partial charge in [-0.2, -0.15) is 0 Å². The Kier molecular flexibility index (Phi) is 5.89. The standard InChI is InChI=1S/C20H29N3O4/c1-26-16-6-5-14(13-17(16)27-2)18(24)23-11-7-15(8-12-23)22-19(25)20(21)9-3-4-10-20/h5-6,13,15H,3-4,7-12,21H2,1-2H3,(H,22,25). The van der Waals surface area contributed by atoms with Crippen molar-refractivity contribution in [3.8, 4) is 11.5 Å². The lowest BCUT2D eigenvalue weighted by molar-refractivity contribution is -0.127. The van der Waals surface area contributed by atoms with Gasteiger partial charge in [-0.15, -0.1) is 0 Å². The lowest BCUT2D eigenvalue weighted by Crippen LogP contribution is -2.56. The number of hydrogen-bond acceptors (Lipinski definition) is 5. The van der Waals surface area contributed by atoms with E-state index in [0.29, 0.717) is 30.2 Å². The normalized spacial score (nSPS) is 19.6. The molecule has 0 atom stereocenters. The smallest absolute Gasteiger partial charge is 0.253 e. The Morgan fingerprint density at radius 3 is 2.33 bits per heavy atom. The zero-order valence-corrected chi connectivity index (χ0v) is 16.1. The van der Waals surface area contributed by atoms with Crippen LogP contribution in [-0.4, -0.2) is 55.6 Å². The number of benzene rings is 1. The van der Waals surface area contributed by atoms with Crippen LogP contribution in [0.25, 0.3) is 0 Å². The van der Waals surface area contributed by atoms with Crippen LogP contribution in [0, 0.1) is 0 Å². The molecule has 7 nitrogen and oxygen atoms in total. The van der Waals surface area contributed by atoms with Gasteiger partial charge in [-0.1, -0.05) is 12.8 Å². The SMILES string of the molecule is COc1ccc(C(=O)N2CCC(NC(=O)C3(N)CCCC3)CC2)cc1OC. The van der Waals surface area contributed by atoms with E-state index in [1.807, 2.05) is 4.90 Å². The molecule has 1 saturated heterocycles. The van der Waals surface area contributed by atoms with Crippen LogP contribution in [0.3, 0.4) is 0 Å². The van der Waals surface area contributed by atoms with Gasteiger partial charge < -0.3 is 25.4 Å². The Labute approximate surface area is 160 Å². The number of nitrogens with one attached hydrogen (secondary N) is 1. The molecule has 0 unspecified atom stereocenters. The van der Waals surface area contributed by atoms with E-state index in [9.17, 15) is 9.59 Å². The molecular weight excluding hydrogens is 346 g/mol. The Morgan fingerprint density at radius 2 is 1.74 bits per heavy atom. The number of carbonyl (C=O) groups is 2. The summed E-state index contributed by atoms with van der Waals surface area (Å²) in [5, 5.41) is 3.10. The summed E-state index contributed by atoms with van der Waals surface area (Å²) in [4.78, 5) is 27.1. The summed E-state index contributed by atoms with van der Waals surface area (Å²) in [6.07, 6.45) is 5.02. The summed E-state index contributed by atoms with van der Waals surface area (Å²) in [6, 6.07) is 5.26. The van der Waals surface area contributed by atoms with Gasteiger partial charge in [-0.25, -0.2) is 0 Å². The van der Waals surface area contributed by atoms with E-state index in [-0.39, 0.29) is 17.9 Å². The predicted molar refractivity (Wildman–Crippen MR) is 102 cm³/mol. The van der Waals surface area contributed by atoms with Crippen molar-refractivity contribution in [2.45, 2.75) is 50.1 Å². The number of carbonyl (C=O) groups excluding carboxylic acids is 2. The molecule has 0 bridgehead atoms. The third-order valence-electron chi connectivity index (χ3n) is 5.70. The van der Waals surface area contributed by atoms with Gasteiger partial charge in [-0.3, -0.25) is 9.59 Å². The second-order valence-corrected chi connectivity index (χ2v) is 7.47. The van der Waals surface area contributed by atoms with E-state index in [4.69, 9.17) is 15.2 Å². The first-order chi connectivity index (χ1) is 13.0. The molecule has 0 radical (unpaired) electrons. The first-order valence-corrected chi connectivity index (χ1v) is 9.58. The van der Waals surface area contributed by atoms with Gasteiger partial charge in [0, 0.05) is 24.7 Å². The van der Waals surface area contributed by atoms with Gasteiger partial charge in [0.05, 0.1) is 19.8 Å². The summed E-state index contributed by atoms with van der Waals surface area (Å²) in [6.45, 7) is 1.21. The quantitative estimate of drug-likeness (QED) is 0.817. The zero-order valence-electron chi connectivity index (χ0n) is 16.1. The number of hydrogen-bond donors (Lipinski definition) is 2. The highest BCUT2D eigenvalue weighted by Crippen LogP contribution is 2.29. The van der Waals surface area contributed by atoms with Crippen LogP contribution < -0.4 is 20.5 Å². The highest BCUT2D eigenvalue weighted by Gasteiger charge is 2.38. The van der Waals surface area contributed by atoms with Gasteiger partial charge in [0.25, 0.3) is 5.91 Å². The van der Waals surface area contributed by atoms with Crippen LogP contribution in [0.1, 0.15) is 48.9 Å². The van der Waals surface area contributed by atoms with Crippen LogP contribution in [0.4, 0.5) is 0 Å². The van der Waals surface area contributed by atoms with E-state index in [1.165, 1.54) is 0 Å². The van der Waals surface area contributed by atoms with E-state index in [0.717, 1.165) is 38.5 Å². The molecule has 0 aromatic heterocycles. The minimum atomic E-state index is -0.702. The van der Waals surface area contributed by atoms with Crippen molar-refractivity contribution in [1.82, 2.24) is 10.2 Å². The number of piperidine rings is 1. The molecule has 2 amide bonds. The zero-order chi connectivity index (χ0) is 19.4. The fraction of sp³-hybridized carbons (Fsp3) is 0.600. The summed E-state index contributed by atoms with van der Waals surface area (Å²) in [7, 11) is 3.12. The number of nitrogens with zero attached hydrogens (tertiary/aromatic N) is 1. The molecule has 27 heavy (non-hydrogen) atoms. The second-order valence-electron chi connectivity index (χ2n) is 7.47. The minimum absolute atomic E-state index is 0.0354. The van der Waals surface area contributed by atoms with Gasteiger partial charge in [0.1, 0.15) is 0 Å². The lowest BCUT2D eigenvalue weighted by Gasteiger charge is -2.34. The molecule has 0 spiro atoms. The maximum atomic E-state index is 12.8. The van der Waals surface area contributed by atoms with E-state index in [2.05, 4.69) is 5.32 Å². The molecule has 1 saturated carbocycles. The monoisotopic (exact) mass is 375 g/mol. The number of amides is 2. The van der Waals surface area contributed by atoms with Crippen LogP contribution in [0.2, 0.25) is 0 Å². The Morgan fingerprint density at radius 1 is 1.11 bits per heavy atom. The summed E-state index contributed by atoms with van der Waals surface area (Å²) < 4.78 is 10.5. The Balaban J connectivity index is 1.55.